The minimum Gasteiger partial charge on any atom is -0.488 e. The van der Waals surface area contributed by atoms with Crippen LogP contribution in [-0.2, 0) is 39.9 Å². The van der Waals surface area contributed by atoms with Crippen LogP contribution in [0.15, 0.2) is 29.6 Å². The van der Waals surface area contributed by atoms with Crippen LogP contribution in [0, 0.1) is 40.4 Å². The summed E-state index contributed by atoms with van der Waals surface area (Å²) >= 11 is 1.57. The van der Waals surface area contributed by atoms with Crippen LogP contribution in [0.4, 0.5) is 0 Å². The summed E-state index contributed by atoms with van der Waals surface area (Å²) in [5.74, 6) is 0.627. The van der Waals surface area contributed by atoms with E-state index < -0.39 is 40.8 Å². The number of hydrogen-bond acceptors (Lipinski definition) is 12. The number of carbonyl (C=O) groups excluding carboxylic acids is 5. The van der Waals surface area contributed by atoms with Crippen LogP contribution in [-0.4, -0.2) is 83.3 Å². The average Bonchev–Trinajstić information content (AvgIpc) is 3.84. The fourth-order valence-corrected chi connectivity index (χ4v) is 10.3. The van der Waals surface area contributed by atoms with Gasteiger partial charge in [0, 0.05) is 42.2 Å². The third kappa shape index (κ3) is 8.94. The number of methoxy groups -OCH3 is 1. The first-order valence-electron chi connectivity index (χ1n) is 20.9. The van der Waals surface area contributed by atoms with Crippen molar-refractivity contribution in [3.63, 3.8) is 0 Å². The summed E-state index contributed by atoms with van der Waals surface area (Å²) in [6, 6.07) is 6.27. The van der Waals surface area contributed by atoms with Crippen LogP contribution >= 0.6 is 11.3 Å². The largest absolute Gasteiger partial charge is 0.488 e. The third-order valence-electron chi connectivity index (χ3n) is 12.7. The molecule has 1 saturated heterocycles. The molecule has 4 aliphatic rings. The Kier molecular flexibility index (Phi) is 12.0. The normalized spacial score (nSPS) is 26.6. The first kappa shape index (κ1) is 41.8. The fraction of sp³-hybridized carbons (Fsp3) is 0.622. The molecule has 3 heterocycles. The van der Waals surface area contributed by atoms with E-state index in [2.05, 4.69) is 13.8 Å². The molecule has 0 bridgehead atoms. The van der Waals surface area contributed by atoms with E-state index in [1.54, 1.807) is 28.4 Å². The number of amides is 1. The number of benzene rings is 1. The number of likely N-dealkylation sites (tertiary alicyclic amines) is 1. The fourth-order valence-electron chi connectivity index (χ4n) is 9.31. The van der Waals surface area contributed by atoms with E-state index >= 15 is 0 Å². The van der Waals surface area contributed by atoms with E-state index in [1.807, 2.05) is 45.2 Å². The van der Waals surface area contributed by atoms with Crippen molar-refractivity contribution >= 4 is 52.2 Å². The Morgan fingerprint density at radius 3 is 2.43 bits per heavy atom. The topological polar surface area (TPSA) is 151 Å². The number of pyridine rings is 1. The van der Waals surface area contributed by atoms with E-state index in [4.69, 9.17) is 28.9 Å². The molecular weight excluding hydrogens is 759 g/mol. The van der Waals surface area contributed by atoms with Gasteiger partial charge < -0.3 is 23.8 Å². The van der Waals surface area contributed by atoms with E-state index in [0.29, 0.717) is 64.3 Å². The van der Waals surface area contributed by atoms with Crippen LogP contribution in [0.1, 0.15) is 97.9 Å². The number of esters is 2. The highest BCUT2D eigenvalue weighted by atomic mass is 32.1. The molecule has 1 aliphatic heterocycles. The van der Waals surface area contributed by atoms with Crippen molar-refractivity contribution in [2.75, 3.05) is 20.3 Å². The summed E-state index contributed by atoms with van der Waals surface area (Å²) in [4.78, 5) is 78.3. The lowest BCUT2D eigenvalue weighted by Crippen LogP contribution is -2.48. The number of fused-ring (bicyclic) bond motifs is 2. The Labute approximate surface area is 344 Å². The van der Waals surface area contributed by atoms with Crippen LogP contribution in [0.5, 0.6) is 11.5 Å². The number of ketones is 1. The van der Waals surface area contributed by atoms with Gasteiger partial charge >= 0.3 is 11.9 Å². The molecule has 13 heteroatoms. The van der Waals surface area contributed by atoms with E-state index in [-0.39, 0.29) is 56.1 Å². The van der Waals surface area contributed by atoms with Crippen LogP contribution in [0.2, 0.25) is 0 Å². The standard InChI is InChI=1S/C45H57N3O9S/c1-8-28-21-45(28,43(53)54-7)22-38(50)37-18-31(23-48(37)42(52)33(44(4,5)6)19-41(51)57-30-15-26-14-27(26)16-30)56-39-20-35(36-24-58-40(47-36)13-25(2)3)46-34-17-29(55-12-11-49)9-10-32(34)39/h9-11,17,20,24-28,30-31,33,37H,8,12-16,18-19,21-23H2,1-7H3/t26-,27+,28-,30?,31-,33-,37+,45-/m1/s1. The monoisotopic (exact) mass is 815 g/mol. The minimum absolute atomic E-state index is 0.0222. The summed E-state index contributed by atoms with van der Waals surface area (Å²) in [6.07, 6.45) is 5.11. The molecule has 8 atom stereocenters. The first-order valence-corrected chi connectivity index (χ1v) is 21.7. The molecule has 12 nitrogen and oxygen atoms in total. The van der Waals surface area contributed by atoms with Crippen molar-refractivity contribution in [2.45, 2.75) is 118 Å². The van der Waals surface area contributed by atoms with Crippen LogP contribution < -0.4 is 9.47 Å². The summed E-state index contributed by atoms with van der Waals surface area (Å²) in [5, 5.41) is 3.64. The Morgan fingerprint density at radius 2 is 1.78 bits per heavy atom. The van der Waals surface area contributed by atoms with Gasteiger partial charge in [0.2, 0.25) is 5.91 Å². The number of nitrogens with zero attached hydrogens (tertiary/aromatic N) is 3. The lowest BCUT2D eigenvalue weighted by molar-refractivity contribution is -0.157. The molecule has 0 spiro atoms. The summed E-state index contributed by atoms with van der Waals surface area (Å²) in [5.41, 5.74) is 0.313. The molecule has 0 N–H and O–H groups in total. The second kappa shape index (κ2) is 16.7. The maximum Gasteiger partial charge on any atom is 0.312 e. The highest BCUT2D eigenvalue weighted by molar-refractivity contribution is 7.09. The summed E-state index contributed by atoms with van der Waals surface area (Å²) < 4.78 is 23.5. The Balaban J connectivity index is 1.20. The number of carbonyl (C=O) groups is 5. The molecule has 4 fully saturated rings. The Bertz CT molecular complexity index is 2050. The maximum atomic E-state index is 14.8. The van der Waals surface area contributed by atoms with Gasteiger partial charge in [-0.1, -0.05) is 48.0 Å². The van der Waals surface area contributed by atoms with Crippen LogP contribution in [0.25, 0.3) is 22.3 Å². The third-order valence-corrected chi connectivity index (χ3v) is 13.6. The number of rotatable bonds is 17. The van der Waals surface area contributed by atoms with Gasteiger partial charge in [0.25, 0.3) is 0 Å². The van der Waals surface area contributed by atoms with Gasteiger partial charge in [0.1, 0.15) is 30.3 Å². The predicted octanol–water partition coefficient (Wildman–Crippen LogP) is 7.43. The molecule has 58 heavy (non-hydrogen) atoms. The van der Waals surface area contributed by atoms with Crippen molar-refractivity contribution in [3.05, 3.63) is 34.7 Å². The number of aromatic nitrogens is 2. The van der Waals surface area contributed by atoms with Crippen molar-refractivity contribution in [1.29, 1.82) is 0 Å². The maximum absolute atomic E-state index is 14.8. The smallest absolute Gasteiger partial charge is 0.312 e. The SMILES string of the molecule is CC[C@@H]1C[C@]1(CC(=O)[C@@H]1C[C@@H](Oc2cc(-c3csc(CC(C)C)n3)nc3cc(OCC=O)ccc23)CN1C(=O)[C@@H](CC(=O)OC1C[C@@H]2C[C@@H]2C1)C(C)(C)C)C(=O)OC. The number of Topliss-reactive ketones (excluding diaryl/α,β-unsaturated/α-hetero) is 1. The van der Waals surface area contributed by atoms with E-state index in [0.717, 1.165) is 30.7 Å². The van der Waals surface area contributed by atoms with Crippen molar-refractivity contribution < 1.29 is 42.9 Å². The molecule has 2 aromatic heterocycles. The molecule has 1 amide bonds. The van der Waals surface area contributed by atoms with E-state index in [1.165, 1.54) is 13.5 Å². The molecular formula is C45H57N3O9S. The number of ether oxygens (including phenoxy) is 4. The highest BCUT2D eigenvalue weighted by Gasteiger charge is 2.62. The average molecular weight is 816 g/mol. The van der Waals surface area contributed by atoms with Crippen molar-refractivity contribution in [3.8, 4) is 22.9 Å². The Morgan fingerprint density at radius 1 is 1.02 bits per heavy atom. The predicted molar refractivity (Wildman–Crippen MR) is 218 cm³/mol. The number of hydrogen-bond donors (Lipinski definition) is 0. The Hall–Kier alpha value is -4.39. The quantitative estimate of drug-likeness (QED) is 0.0989. The zero-order valence-electron chi connectivity index (χ0n) is 34.8. The van der Waals surface area contributed by atoms with Gasteiger partial charge in [-0.25, -0.2) is 9.97 Å². The van der Waals surface area contributed by atoms with Gasteiger partial charge in [0.15, 0.2) is 12.1 Å². The zero-order valence-corrected chi connectivity index (χ0v) is 35.6. The lowest BCUT2D eigenvalue weighted by Gasteiger charge is -2.35. The lowest BCUT2D eigenvalue weighted by atomic mass is 9.77. The van der Waals surface area contributed by atoms with Gasteiger partial charge in [-0.3, -0.25) is 24.0 Å². The van der Waals surface area contributed by atoms with Crippen molar-refractivity contribution in [2.24, 2.45) is 40.4 Å². The van der Waals surface area contributed by atoms with E-state index in [9.17, 15) is 24.0 Å². The van der Waals surface area contributed by atoms with Crippen molar-refractivity contribution in [1.82, 2.24) is 14.9 Å². The first-order chi connectivity index (χ1) is 27.6. The number of thiazole rings is 1. The molecule has 3 aliphatic carbocycles. The molecule has 312 valence electrons. The summed E-state index contributed by atoms with van der Waals surface area (Å²) in [6.45, 7) is 12.1. The van der Waals surface area contributed by atoms with Gasteiger partial charge in [-0.2, -0.15) is 0 Å². The molecule has 7 rings (SSSR count). The zero-order chi connectivity index (χ0) is 41.5. The second-order valence-corrected chi connectivity index (χ2v) is 19.4. The van der Waals surface area contributed by atoms with Crippen LogP contribution in [0.3, 0.4) is 0 Å². The van der Waals surface area contributed by atoms with Gasteiger partial charge in [-0.15, -0.1) is 11.3 Å². The minimum atomic E-state index is -0.911. The molecule has 1 aromatic carbocycles. The number of aldehydes is 1. The second-order valence-electron chi connectivity index (χ2n) is 18.4. The van der Waals surface area contributed by atoms with Gasteiger partial charge in [0.05, 0.1) is 59.4 Å². The highest BCUT2D eigenvalue weighted by Crippen LogP contribution is 2.58. The summed E-state index contributed by atoms with van der Waals surface area (Å²) in [7, 11) is 1.35. The van der Waals surface area contributed by atoms with Gasteiger partial charge in [-0.05, 0) is 66.9 Å². The molecule has 3 saturated carbocycles. The molecule has 1 unspecified atom stereocenters. The molecule has 0 radical (unpaired) electrons. The molecule has 3 aromatic rings.